The normalized spacial score (nSPS) is 17.3. The molecule has 0 aliphatic carbocycles. The highest BCUT2D eigenvalue weighted by atomic mass is 35.5. The molecule has 1 atom stereocenters. The van der Waals surface area contributed by atoms with Gasteiger partial charge in [0.1, 0.15) is 24.0 Å². The molecule has 1 saturated heterocycles. The van der Waals surface area contributed by atoms with Gasteiger partial charge in [0.2, 0.25) is 11.8 Å². The van der Waals surface area contributed by atoms with Crippen LogP contribution in [0, 0.1) is 11.6 Å². The summed E-state index contributed by atoms with van der Waals surface area (Å²) in [6.45, 7) is 1.44. The molecular formula is C30H25ClF2N4O3S. The Labute approximate surface area is 244 Å². The Balaban J connectivity index is 1.61. The molecule has 2 amide bonds. The molecule has 4 aromatic rings. The monoisotopic (exact) mass is 594 g/mol. The van der Waals surface area contributed by atoms with Crippen molar-refractivity contribution in [3.8, 4) is 16.9 Å². The molecule has 0 saturated carbocycles. The SMILES string of the molecule is O=C(CN1C(=O)CSC(c2ccc(F)cc2F)c2c(-c3ccccc3)nn(-c3ccccc3Cl)c21)N1CCOCC1. The van der Waals surface area contributed by atoms with Gasteiger partial charge in [-0.05, 0) is 18.2 Å². The number of rotatable bonds is 5. The van der Waals surface area contributed by atoms with Gasteiger partial charge in [-0.1, -0.05) is 60.1 Å². The van der Waals surface area contributed by atoms with E-state index in [2.05, 4.69) is 0 Å². The average molecular weight is 595 g/mol. The second kappa shape index (κ2) is 11.6. The molecule has 0 spiro atoms. The molecule has 0 radical (unpaired) electrons. The number of carbonyl (C=O) groups excluding carboxylic acids is 2. The predicted molar refractivity (Wildman–Crippen MR) is 154 cm³/mol. The number of nitrogens with zero attached hydrogens (tertiary/aromatic N) is 4. The molecule has 1 aromatic heterocycles. The highest BCUT2D eigenvalue weighted by molar-refractivity contribution is 8.00. The Kier molecular flexibility index (Phi) is 7.79. The van der Waals surface area contributed by atoms with Crippen LogP contribution in [0.25, 0.3) is 16.9 Å². The molecule has 1 unspecified atom stereocenters. The van der Waals surface area contributed by atoms with Crippen molar-refractivity contribution in [1.29, 1.82) is 0 Å². The summed E-state index contributed by atoms with van der Waals surface area (Å²) in [4.78, 5) is 30.4. The van der Waals surface area contributed by atoms with Gasteiger partial charge in [0.25, 0.3) is 0 Å². The van der Waals surface area contributed by atoms with E-state index in [1.54, 1.807) is 33.8 Å². The fourth-order valence-electron chi connectivity index (χ4n) is 5.13. The summed E-state index contributed by atoms with van der Waals surface area (Å²) in [5, 5.41) is 4.59. The second-order valence-corrected chi connectivity index (χ2v) is 11.1. The molecule has 0 N–H and O–H groups in total. The van der Waals surface area contributed by atoms with Gasteiger partial charge in [-0.2, -0.15) is 5.10 Å². The zero-order chi connectivity index (χ0) is 28.5. The van der Waals surface area contributed by atoms with Crippen molar-refractivity contribution >= 4 is 41.0 Å². The minimum Gasteiger partial charge on any atom is -0.378 e. The lowest BCUT2D eigenvalue weighted by Gasteiger charge is -2.30. The van der Waals surface area contributed by atoms with Crippen LogP contribution in [0.15, 0.2) is 72.8 Å². The van der Waals surface area contributed by atoms with Gasteiger partial charge < -0.3 is 9.64 Å². The van der Waals surface area contributed by atoms with E-state index in [1.807, 2.05) is 30.3 Å². The van der Waals surface area contributed by atoms with E-state index in [4.69, 9.17) is 21.4 Å². The number of hydrogen-bond acceptors (Lipinski definition) is 5. The fraction of sp³-hybridized carbons (Fsp3) is 0.233. The maximum atomic E-state index is 15.4. The van der Waals surface area contributed by atoms with E-state index in [0.717, 1.165) is 11.6 Å². The van der Waals surface area contributed by atoms with E-state index in [9.17, 15) is 14.0 Å². The number of anilines is 1. The van der Waals surface area contributed by atoms with Gasteiger partial charge in [0.15, 0.2) is 0 Å². The van der Waals surface area contributed by atoms with Crippen molar-refractivity contribution in [2.24, 2.45) is 0 Å². The van der Waals surface area contributed by atoms with Crippen molar-refractivity contribution in [1.82, 2.24) is 14.7 Å². The molecule has 0 bridgehead atoms. The lowest BCUT2D eigenvalue weighted by atomic mass is 9.99. The molecule has 210 valence electrons. The van der Waals surface area contributed by atoms with Crippen molar-refractivity contribution in [2.45, 2.75) is 5.25 Å². The largest absolute Gasteiger partial charge is 0.378 e. The smallest absolute Gasteiger partial charge is 0.242 e. The van der Waals surface area contributed by atoms with E-state index in [-0.39, 0.29) is 29.7 Å². The minimum atomic E-state index is -0.733. The summed E-state index contributed by atoms with van der Waals surface area (Å²) in [6, 6.07) is 19.8. The number of amides is 2. The van der Waals surface area contributed by atoms with Crippen LogP contribution in [-0.4, -0.2) is 65.1 Å². The third-order valence-corrected chi connectivity index (χ3v) is 8.68. The molecular weight excluding hydrogens is 570 g/mol. The number of fused-ring (bicyclic) bond motifs is 1. The zero-order valence-electron chi connectivity index (χ0n) is 21.8. The third kappa shape index (κ3) is 5.35. The van der Waals surface area contributed by atoms with Crippen LogP contribution >= 0.6 is 23.4 Å². The fourth-order valence-corrected chi connectivity index (χ4v) is 6.56. The van der Waals surface area contributed by atoms with Crippen molar-refractivity contribution in [3.05, 3.63) is 101 Å². The first-order valence-corrected chi connectivity index (χ1v) is 14.5. The van der Waals surface area contributed by atoms with Gasteiger partial charge >= 0.3 is 0 Å². The lowest BCUT2D eigenvalue weighted by molar-refractivity contribution is -0.134. The summed E-state index contributed by atoms with van der Waals surface area (Å²) in [7, 11) is 0. The maximum Gasteiger partial charge on any atom is 0.242 e. The number of halogens is 3. The quantitative estimate of drug-likeness (QED) is 0.305. The number of aromatic nitrogens is 2. The summed E-state index contributed by atoms with van der Waals surface area (Å²) in [6.07, 6.45) is 0. The van der Waals surface area contributed by atoms with Crippen LogP contribution in [0.5, 0.6) is 0 Å². The standard InChI is InChI=1S/C30H25ClF2N4O3S/c31-22-8-4-5-9-24(22)37-30-27(28(34-37)19-6-2-1-3-7-19)29(21-11-10-20(32)16-23(21)33)41-18-26(39)36(30)17-25(38)35-12-14-40-15-13-35/h1-11,16,29H,12-15,17-18H2. The first kappa shape index (κ1) is 27.4. The van der Waals surface area contributed by atoms with Gasteiger partial charge in [0, 0.05) is 35.8 Å². The number of carbonyl (C=O) groups is 2. The molecule has 1 fully saturated rings. The van der Waals surface area contributed by atoms with E-state index < -0.39 is 16.9 Å². The Morgan fingerprint density at radius 2 is 1.76 bits per heavy atom. The van der Waals surface area contributed by atoms with Gasteiger partial charge in [0.05, 0.1) is 40.6 Å². The summed E-state index contributed by atoms with van der Waals surface area (Å²) < 4.78 is 36.3. The maximum absolute atomic E-state index is 15.4. The van der Waals surface area contributed by atoms with Crippen molar-refractivity contribution < 1.29 is 23.1 Å². The molecule has 41 heavy (non-hydrogen) atoms. The average Bonchev–Trinajstić information content (AvgIpc) is 3.31. The highest BCUT2D eigenvalue weighted by Gasteiger charge is 2.39. The molecule has 3 heterocycles. The number of benzene rings is 3. The number of ether oxygens (including phenoxy) is 1. The van der Waals surface area contributed by atoms with E-state index in [0.29, 0.717) is 54.1 Å². The van der Waals surface area contributed by atoms with Crippen LogP contribution in [0.4, 0.5) is 14.6 Å². The number of para-hydroxylation sites is 1. The molecule has 2 aliphatic heterocycles. The summed E-state index contributed by atoms with van der Waals surface area (Å²) in [5.74, 6) is -1.73. The van der Waals surface area contributed by atoms with Crippen LogP contribution in [0.2, 0.25) is 5.02 Å². The first-order chi connectivity index (χ1) is 19.9. The van der Waals surface area contributed by atoms with Gasteiger partial charge in [-0.3, -0.25) is 14.5 Å². The Hall–Kier alpha value is -3.73. The van der Waals surface area contributed by atoms with Gasteiger partial charge in [-0.25, -0.2) is 13.5 Å². The van der Waals surface area contributed by atoms with Crippen LogP contribution < -0.4 is 4.90 Å². The Morgan fingerprint density at radius 3 is 2.49 bits per heavy atom. The Bertz CT molecular complexity index is 1610. The summed E-state index contributed by atoms with van der Waals surface area (Å²) in [5.41, 5.74) is 2.47. The molecule has 2 aliphatic rings. The van der Waals surface area contributed by atoms with E-state index >= 15 is 4.39 Å². The number of morpholine rings is 1. The molecule has 11 heteroatoms. The predicted octanol–water partition coefficient (Wildman–Crippen LogP) is 5.50. The summed E-state index contributed by atoms with van der Waals surface area (Å²) >= 11 is 7.86. The second-order valence-electron chi connectivity index (χ2n) is 9.65. The van der Waals surface area contributed by atoms with Crippen molar-refractivity contribution in [3.63, 3.8) is 0 Å². The Morgan fingerprint density at radius 1 is 1.02 bits per heavy atom. The molecule has 3 aromatic carbocycles. The van der Waals surface area contributed by atoms with Gasteiger partial charge in [-0.15, -0.1) is 11.8 Å². The van der Waals surface area contributed by atoms with Crippen LogP contribution in [-0.2, 0) is 14.3 Å². The highest BCUT2D eigenvalue weighted by Crippen LogP contribution is 2.49. The topological polar surface area (TPSA) is 67.7 Å². The number of thioether (sulfide) groups is 1. The van der Waals surface area contributed by atoms with Crippen LogP contribution in [0.1, 0.15) is 16.4 Å². The molecule has 7 nitrogen and oxygen atoms in total. The lowest BCUT2D eigenvalue weighted by Crippen LogP contribution is -2.48. The van der Waals surface area contributed by atoms with E-state index in [1.165, 1.54) is 28.8 Å². The van der Waals surface area contributed by atoms with Crippen LogP contribution in [0.3, 0.4) is 0 Å². The third-order valence-electron chi connectivity index (χ3n) is 7.12. The zero-order valence-corrected chi connectivity index (χ0v) is 23.4. The number of hydrogen-bond donors (Lipinski definition) is 0. The minimum absolute atomic E-state index is 0.0384. The molecule has 6 rings (SSSR count). The first-order valence-electron chi connectivity index (χ1n) is 13.1. The van der Waals surface area contributed by atoms with Crippen molar-refractivity contribution in [2.75, 3.05) is 43.5 Å².